The average Bonchev–Trinajstić information content (AvgIpc) is 2.82. The molecule has 0 spiro atoms. The molecule has 1 heterocycles. The molecule has 2 rings (SSSR count). The zero-order valence-corrected chi connectivity index (χ0v) is 13.1. The monoisotopic (exact) mass is 421 g/mol. The third-order valence-electron chi connectivity index (χ3n) is 2.21. The number of hydrogen-bond donors (Lipinski definition) is 1. The van der Waals surface area contributed by atoms with Gasteiger partial charge in [0.2, 0.25) is 0 Å². The van der Waals surface area contributed by atoms with Crippen LogP contribution in [0.1, 0.15) is 17.4 Å². The number of H-pyrrole nitrogens is 1. The van der Waals surface area contributed by atoms with Crippen LogP contribution in [-0.2, 0) is 4.74 Å². The molecule has 18 heavy (non-hydrogen) atoms. The quantitative estimate of drug-likeness (QED) is 0.611. The topological polar surface area (TPSA) is 67.9 Å². The predicted octanol–water partition coefficient (Wildman–Crippen LogP) is 3.02. The second-order valence-corrected chi connectivity index (χ2v) is 5.39. The maximum Gasteiger partial charge on any atom is 0.361 e. The highest BCUT2D eigenvalue weighted by molar-refractivity contribution is 14.1. The van der Waals surface area contributed by atoms with E-state index in [1.807, 2.05) is 18.2 Å². The van der Waals surface area contributed by atoms with Crippen LogP contribution in [0.4, 0.5) is 0 Å². The summed E-state index contributed by atoms with van der Waals surface area (Å²) in [6.45, 7) is 2.06. The third kappa shape index (κ3) is 2.72. The van der Waals surface area contributed by atoms with Crippen molar-refractivity contribution in [1.82, 2.24) is 15.4 Å². The lowest BCUT2D eigenvalue weighted by Gasteiger charge is -2.02. The Morgan fingerprint density at radius 3 is 2.94 bits per heavy atom. The number of benzene rings is 1. The van der Waals surface area contributed by atoms with E-state index in [9.17, 15) is 4.79 Å². The third-order valence-corrected chi connectivity index (χ3v) is 4.55. The Kier molecular flexibility index (Phi) is 4.33. The lowest BCUT2D eigenvalue weighted by Crippen LogP contribution is -2.06. The van der Waals surface area contributed by atoms with Crippen LogP contribution in [0.5, 0.6) is 0 Å². The zero-order chi connectivity index (χ0) is 13.1. The Balaban J connectivity index is 2.42. The van der Waals surface area contributed by atoms with Crippen LogP contribution in [0.25, 0.3) is 11.3 Å². The van der Waals surface area contributed by atoms with E-state index in [2.05, 4.69) is 53.9 Å². The molecule has 0 aliphatic carbocycles. The van der Waals surface area contributed by atoms with Gasteiger partial charge in [0.15, 0.2) is 5.69 Å². The van der Waals surface area contributed by atoms with Gasteiger partial charge in [-0.25, -0.2) is 4.79 Å². The summed E-state index contributed by atoms with van der Waals surface area (Å²) in [6, 6.07) is 5.71. The molecule has 2 aromatic rings. The molecular formula is C11H9BrIN3O2. The maximum atomic E-state index is 11.7. The molecule has 1 N–H and O–H groups in total. The second-order valence-electron chi connectivity index (χ2n) is 3.37. The van der Waals surface area contributed by atoms with E-state index in [4.69, 9.17) is 4.74 Å². The fraction of sp³-hybridized carbons (Fsp3) is 0.182. The van der Waals surface area contributed by atoms with Crippen LogP contribution in [0.3, 0.4) is 0 Å². The summed E-state index contributed by atoms with van der Waals surface area (Å²) in [4.78, 5) is 11.7. The number of carbonyl (C=O) groups excluding carboxylic acids is 1. The highest BCUT2D eigenvalue weighted by Gasteiger charge is 2.19. The van der Waals surface area contributed by atoms with Crippen molar-refractivity contribution in [3.63, 3.8) is 0 Å². The van der Waals surface area contributed by atoms with Gasteiger partial charge in [0, 0.05) is 13.6 Å². The van der Waals surface area contributed by atoms with Crippen LogP contribution >= 0.6 is 38.5 Å². The average molecular weight is 422 g/mol. The number of carbonyl (C=O) groups is 1. The molecule has 0 saturated carbocycles. The standard InChI is InChI=1S/C11H9BrIN3O2/c1-2-18-11(17)10-9(14-16-15-10)6-3-4-8(13)7(12)5-6/h3-5H,2H2,1H3,(H,14,15,16). The highest BCUT2D eigenvalue weighted by Crippen LogP contribution is 2.27. The fourth-order valence-electron chi connectivity index (χ4n) is 1.42. The summed E-state index contributed by atoms with van der Waals surface area (Å²) in [5, 5.41) is 10.3. The van der Waals surface area contributed by atoms with Crippen molar-refractivity contribution in [3.05, 3.63) is 31.9 Å². The summed E-state index contributed by atoms with van der Waals surface area (Å²) in [7, 11) is 0. The van der Waals surface area contributed by atoms with E-state index in [0.29, 0.717) is 12.3 Å². The van der Waals surface area contributed by atoms with Crippen molar-refractivity contribution < 1.29 is 9.53 Å². The van der Waals surface area contributed by atoms with Crippen LogP contribution < -0.4 is 0 Å². The number of nitrogens with one attached hydrogen (secondary N) is 1. The van der Waals surface area contributed by atoms with Gasteiger partial charge in [0.25, 0.3) is 0 Å². The molecule has 7 heteroatoms. The number of halogens is 2. The van der Waals surface area contributed by atoms with Crippen molar-refractivity contribution in [2.24, 2.45) is 0 Å². The van der Waals surface area contributed by atoms with E-state index in [-0.39, 0.29) is 5.69 Å². The fourth-order valence-corrected chi connectivity index (χ4v) is 2.13. The minimum Gasteiger partial charge on any atom is -0.461 e. The van der Waals surface area contributed by atoms with E-state index in [0.717, 1.165) is 13.6 Å². The minimum absolute atomic E-state index is 0.199. The number of hydrogen-bond acceptors (Lipinski definition) is 4. The lowest BCUT2D eigenvalue weighted by atomic mass is 10.1. The second kappa shape index (κ2) is 5.79. The van der Waals surface area contributed by atoms with Gasteiger partial charge in [-0.05, 0) is 57.6 Å². The van der Waals surface area contributed by atoms with Gasteiger partial charge in [-0.3, -0.25) is 0 Å². The summed E-state index contributed by atoms with van der Waals surface area (Å²) >= 11 is 5.65. The molecule has 0 saturated heterocycles. The molecule has 0 amide bonds. The van der Waals surface area contributed by atoms with Gasteiger partial charge in [-0.2, -0.15) is 10.3 Å². The molecule has 0 radical (unpaired) electrons. The molecule has 1 aromatic heterocycles. The smallest absolute Gasteiger partial charge is 0.361 e. The van der Waals surface area contributed by atoms with Crippen molar-refractivity contribution in [2.75, 3.05) is 6.61 Å². The first-order valence-corrected chi connectivity index (χ1v) is 7.04. The maximum absolute atomic E-state index is 11.7. The number of rotatable bonds is 3. The van der Waals surface area contributed by atoms with Gasteiger partial charge in [-0.15, -0.1) is 5.10 Å². The Bertz CT molecular complexity index is 585. The Morgan fingerprint density at radius 2 is 2.28 bits per heavy atom. The zero-order valence-electron chi connectivity index (χ0n) is 9.41. The van der Waals surface area contributed by atoms with Crippen molar-refractivity contribution >= 4 is 44.5 Å². The van der Waals surface area contributed by atoms with Crippen molar-refractivity contribution in [2.45, 2.75) is 6.92 Å². The highest BCUT2D eigenvalue weighted by atomic mass is 127. The first kappa shape index (κ1) is 13.5. The van der Waals surface area contributed by atoms with Crippen LogP contribution in [0, 0.1) is 3.57 Å². The molecule has 0 bridgehead atoms. The first-order chi connectivity index (χ1) is 8.63. The molecule has 0 aliphatic heterocycles. The molecule has 0 unspecified atom stereocenters. The molecule has 5 nitrogen and oxygen atoms in total. The van der Waals surface area contributed by atoms with Gasteiger partial charge < -0.3 is 4.74 Å². The van der Waals surface area contributed by atoms with Crippen LogP contribution in [0.2, 0.25) is 0 Å². The van der Waals surface area contributed by atoms with Crippen LogP contribution in [-0.4, -0.2) is 28.0 Å². The van der Waals surface area contributed by atoms with E-state index in [1.54, 1.807) is 6.92 Å². The van der Waals surface area contributed by atoms with E-state index >= 15 is 0 Å². The number of aromatic amines is 1. The molecular weight excluding hydrogens is 413 g/mol. The molecule has 0 aliphatic rings. The number of ether oxygens (including phenoxy) is 1. The summed E-state index contributed by atoms with van der Waals surface area (Å²) < 4.78 is 6.95. The van der Waals surface area contributed by atoms with Crippen molar-refractivity contribution in [3.8, 4) is 11.3 Å². The number of nitrogens with zero attached hydrogens (tertiary/aromatic N) is 2. The Morgan fingerprint density at radius 1 is 1.50 bits per heavy atom. The predicted molar refractivity (Wildman–Crippen MR) is 78.2 cm³/mol. The first-order valence-electron chi connectivity index (χ1n) is 5.16. The van der Waals surface area contributed by atoms with Gasteiger partial charge in [0.05, 0.1) is 6.61 Å². The van der Waals surface area contributed by atoms with E-state index in [1.165, 1.54) is 0 Å². The SMILES string of the molecule is CCOC(=O)c1n[nH]nc1-c1ccc(I)c(Br)c1. The summed E-state index contributed by atoms with van der Waals surface area (Å²) in [5.41, 5.74) is 1.50. The van der Waals surface area contributed by atoms with E-state index < -0.39 is 5.97 Å². The number of aromatic nitrogens is 3. The Labute approximate surface area is 126 Å². The Hall–Kier alpha value is -0.960. The number of esters is 1. The molecule has 0 fully saturated rings. The largest absolute Gasteiger partial charge is 0.461 e. The molecule has 1 aromatic carbocycles. The summed E-state index contributed by atoms with van der Waals surface area (Å²) in [6.07, 6.45) is 0. The molecule has 94 valence electrons. The van der Waals surface area contributed by atoms with Gasteiger partial charge >= 0.3 is 5.97 Å². The van der Waals surface area contributed by atoms with Gasteiger partial charge in [-0.1, -0.05) is 6.07 Å². The van der Waals surface area contributed by atoms with Crippen molar-refractivity contribution in [1.29, 1.82) is 0 Å². The normalized spacial score (nSPS) is 10.4. The lowest BCUT2D eigenvalue weighted by molar-refractivity contribution is 0.0520. The van der Waals surface area contributed by atoms with Crippen LogP contribution in [0.15, 0.2) is 22.7 Å². The minimum atomic E-state index is -0.476. The van der Waals surface area contributed by atoms with Gasteiger partial charge in [0.1, 0.15) is 5.69 Å². The molecule has 0 atom stereocenters. The summed E-state index contributed by atoms with van der Waals surface area (Å²) in [5.74, 6) is -0.476.